The minimum Gasteiger partial charge on any atom is -0.481 e. The topological polar surface area (TPSA) is 55.4 Å². The quantitative estimate of drug-likeness (QED) is 0.648. The minimum atomic E-state index is -0.634. The van der Waals surface area contributed by atoms with E-state index in [2.05, 4.69) is 27.8 Å². The van der Waals surface area contributed by atoms with Crippen LogP contribution in [0.3, 0.4) is 0 Å². The molecule has 0 saturated heterocycles. The highest BCUT2D eigenvalue weighted by atomic mass is 79.9. The molecule has 96 valence electrons. The van der Waals surface area contributed by atoms with Crippen LogP contribution in [0, 0.1) is 0 Å². The third kappa shape index (κ3) is 4.00. The monoisotopic (exact) mass is 311 g/mol. The number of carbonyl (C=O) groups excluding carboxylic acids is 2. The Hall–Kier alpha value is -1.62. The Kier molecular flexibility index (Phi) is 5.58. The van der Waals surface area contributed by atoms with E-state index >= 15 is 0 Å². The molecule has 1 N–H and O–H groups in total. The molecular weight excluding hydrogens is 298 g/mol. The zero-order valence-electron chi connectivity index (χ0n) is 9.98. The Balaban J connectivity index is 2.69. The number of carbonyl (C=O) groups is 2. The Bertz CT molecular complexity index is 460. The molecule has 4 nitrogen and oxygen atoms in total. The van der Waals surface area contributed by atoms with Gasteiger partial charge in [0.15, 0.2) is 12.4 Å². The van der Waals surface area contributed by atoms with Gasteiger partial charge in [0, 0.05) is 16.6 Å². The average molecular weight is 312 g/mol. The molecule has 0 spiro atoms. The fourth-order valence-corrected chi connectivity index (χ4v) is 1.60. The molecular formula is C13H14BrNO3. The number of hydrogen-bond donors (Lipinski definition) is 1. The second kappa shape index (κ2) is 6.96. The number of benzene rings is 1. The van der Waals surface area contributed by atoms with E-state index < -0.39 is 6.10 Å². The van der Waals surface area contributed by atoms with Crippen LogP contribution < -0.4 is 10.1 Å². The number of rotatable bonds is 6. The van der Waals surface area contributed by atoms with E-state index in [1.807, 2.05) is 0 Å². The number of amides is 1. The zero-order chi connectivity index (χ0) is 13.5. The number of ether oxygens (including phenoxy) is 1. The normalized spacial score (nSPS) is 11.4. The Morgan fingerprint density at radius 1 is 1.61 bits per heavy atom. The van der Waals surface area contributed by atoms with Gasteiger partial charge in [-0.2, -0.15) is 0 Å². The Morgan fingerprint density at radius 2 is 2.33 bits per heavy atom. The number of hydrogen-bond acceptors (Lipinski definition) is 3. The molecule has 0 aliphatic heterocycles. The number of nitrogens with one attached hydrogen (secondary N) is 1. The fourth-order valence-electron chi connectivity index (χ4n) is 1.26. The average Bonchev–Trinajstić information content (AvgIpc) is 2.37. The Labute approximate surface area is 114 Å². The lowest BCUT2D eigenvalue weighted by Gasteiger charge is -2.14. The first-order chi connectivity index (χ1) is 8.58. The van der Waals surface area contributed by atoms with Gasteiger partial charge >= 0.3 is 0 Å². The van der Waals surface area contributed by atoms with Gasteiger partial charge in [0.2, 0.25) is 0 Å². The van der Waals surface area contributed by atoms with Crippen molar-refractivity contribution in [1.82, 2.24) is 5.32 Å². The molecule has 0 bridgehead atoms. The molecule has 0 radical (unpaired) electrons. The summed E-state index contributed by atoms with van der Waals surface area (Å²) in [5.41, 5.74) is 0.478. The first-order valence-electron chi connectivity index (χ1n) is 5.38. The minimum absolute atomic E-state index is 0.231. The predicted molar refractivity (Wildman–Crippen MR) is 72.8 cm³/mol. The van der Waals surface area contributed by atoms with Crippen LogP contribution in [0.25, 0.3) is 0 Å². The lowest BCUT2D eigenvalue weighted by molar-refractivity contribution is -0.127. The summed E-state index contributed by atoms with van der Waals surface area (Å²) in [7, 11) is 0. The molecule has 1 unspecified atom stereocenters. The van der Waals surface area contributed by atoms with Crippen LogP contribution in [0.5, 0.6) is 5.75 Å². The second-order valence-corrected chi connectivity index (χ2v) is 4.45. The summed E-state index contributed by atoms with van der Waals surface area (Å²) in [6.07, 6.45) is 1.68. The molecule has 1 aromatic rings. The standard InChI is InChI=1S/C13H14BrNO3/c1-3-6-15-13(17)9(2)18-11-4-5-12(14)10(7-11)8-16/h3-5,7-9H,1,6H2,2H3,(H,15,17). The third-order valence-electron chi connectivity index (χ3n) is 2.20. The van der Waals surface area contributed by atoms with Gasteiger partial charge in [-0.1, -0.05) is 22.0 Å². The van der Waals surface area contributed by atoms with Crippen molar-refractivity contribution in [2.45, 2.75) is 13.0 Å². The summed E-state index contributed by atoms with van der Waals surface area (Å²) in [6, 6.07) is 4.97. The van der Waals surface area contributed by atoms with E-state index in [-0.39, 0.29) is 5.91 Å². The van der Waals surface area contributed by atoms with Gasteiger partial charge < -0.3 is 10.1 Å². The van der Waals surface area contributed by atoms with Crippen molar-refractivity contribution in [3.63, 3.8) is 0 Å². The van der Waals surface area contributed by atoms with Crippen molar-refractivity contribution in [3.8, 4) is 5.75 Å². The molecule has 18 heavy (non-hydrogen) atoms. The maximum atomic E-state index is 11.6. The first-order valence-corrected chi connectivity index (χ1v) is 6.17. The van der Waals surface area contributed by atoms with E-state index in [1.165, 1.54) is 0 Å². The largest absolute Gasteiger partial charge is 0.481 e. The molecule has 1 amide bonds. The number of aldehydes is 1. The number of halogens is 1. The molecule has 0 heterocycles. The second-order valence-electron chi connectivity index (χ2n) is 3.60. The van der Waals surface area contributed by atoms with Crippen molar-refractivity contribution in [2.75, 3.05) is 6.54 Å². The Morgan fingerprint density at radius 3 is 2.94 bits per heavy atom. The molecule has 0 saturated carbocycles. The van der Waals surface area contributed by atoms with Crippen molar-refractivity contribution in [2.24, 2.45) is 0 Å². The summed E-state index contributed by atoms with van der Waals surface area (Å²) in [6.45, 7) is 5.54. The van der Waals surface area contributed by atoms with Crippen molar-refractivity contribution in [1.29, 1.82) is 0 Å². The summed E-state index contributed by atoms with van der Waals surface area (Å²) in [5.74, 6) is 0.243. The highest BCUT2D eigenvalue weighted by Gasteiger charge is 2.14. The summed E-state index contributed by atoms with van der Waals surface area (Å²) in [4.78, 5) is 22.3. The first kappa shape index (κ1) is 14.4. The van der Waals surface area contributed by atoms with Gasteiger partial charge in [-0.05, 0) is 25.1 Å². The van der Waals surface area contributed by atoms with Gasteiger partial charge in [0.1, 0.15) is 5.75 Å². The van der Waals surface area contributed by atoms with E-state index in [4.69, 9.17) is 4.74 Å². The van der Waals surface area contributed by atoms with E-state index in [9.17, 15) is 9.59 Å². The van der Waals surface area contributed by atoms with Gasteiger partial charge in [0.05, 0.1) is 0 Å². The van der Waals surface area contributed by atoms with Crippen LogP contribution in [0.4, 0.5) is 0 Å². The van der Waals surface area contributed by atoms with Crippen molar-refractivity contribution < 1.29 is 14.3 Å². The predicted octanol–water partition coefficient (Wildman–Crippen LogP) is 2.33. The lowest BCUT2D eigenvalue weighted by atomic mass is 10.2. The molecule has 1 rings (SSSR count). The summed E-state index contributed by atoms with van der Waals surface area (Å²) in [5, 5.41) is 2.63. The molecule has 5 heteroatoms. The smallest absolute Gasteiger partial charge is 0.261 e. The molecule has 0 fully saturated rings. The third-order valence-corrected chi connectivity index (χ3v) is 2.92. The van der Waals surface area contributed by atoms with Crippen LogP contribution in [-0.2, 0) is 4.79 Å². The molecule has 0 aliphatic carbocycles. The molecule has 0 aliphatic rings. The van der Waals surface area contributed by atoms with E-state index in [1.54, 1.807) is 31.2 Å². The zero-order valence-corrected chi connectivity index (χ0v) is 11.6. The van der Waals surface area contributed by atoms with E-state index in [0.717, 1.165) is 6.29 Å². The van der Waals surface area contributed by atoms with Gasteiger partial charge in [0.25, 0.3) is 5.91 Å². The van der Waals surface area contributed by atoms with E-state index in [0.29, 0.717) is 22.3 Å². The van der Waals surface area contributed by atoms with Gasteiger partial charge in [-0.25, -0.2) is 0 Å². The van der Waals surface area contributed by atoms with Crippen molar-refractivity contribution >= 4 is 28.1 Å². The SMILES string of the molecule is C=CCNC(=O)C(C)Oc1ccc(Br)c(C=O)c1. The lowest BCUT2D eigenvalue weighted by Crippen LogP contribution is -2.36. The summed E-state index contributed by atoms with van der Waals surface area (Å²) >= 11 is 3.24. The summed E-state index contributed by atoms with van der Waals surface area (Å²) < 4.78 is 6.13. The van der Waals surface area contributed by atoms with Crippen LogP contribution in [0.15, 0.2) is 35.3 Å². The van der Waals surface area contributed by atoms with Gasteiger partial charge in [-0.15, -0.1) is 6.58 Å². The van der Waals surface area contributed by atoms with Gasteiger partial charge in [-0.3, -0.25) is 9.59 Å². The fraction of sp³-hybridized carbons (Fsp3) is 0.231. The maximum absolute atomic E-state index is 11.6. The van der Waals surface area contributed by atoms with Crippen LogP contribution >= 0.6 is 15.9 Å². The van der Waals surface area contributed by atoms with Crippen LogP contribution in [0.1, 0.15) is 17.3 Å². The molecule has 1 atom stereocenters. The maximum Gasteiger partial charge on any atom is 0.261 e. The highest BCUT2D eigenvalue weighted by Crippen LogP contribution is 2.21. The molecule has 0 aromatic heterocycles. The van der Waals surface area contributed by atoms with Crippen LogP contribution in [0.2, 0.25) is 0 Å². The molecule has 1 aromatic carbocycles. The van der Waals surface area contributed by atoms with Crippen molar-refractivity contribution in [3.05, 3.63) is 40.9 Å². The highest BCUT2D eigenvalue weighted by molar-refractivity contribution is 9.10. The van der Waals surface area contributed by atoms with Crippen LogP contribution in [-0.4, -0.2) is 24.8 Å².